The molecule has 3 N–H and O–H groups in total. The molecule has 0 bridgehead atoms. The number of esters is 1. The SMILES string of the molecule is CCOC(=O)C1=C(C[NH+]2CCCCC2)N(C)C(=O)N[C@H]1c1ccc(O)c(OC)c1. The molecule has 0 aromatic heterocycles. The lowest BCUT2D eigenvalue weighted by Gasteiger charge is -2.36. The Bertz CT molecular complexity index is 802. The Balaban J connectivity index is 2.07. The van der Waals surface area contributed by atoms with E-state index in [1.165, 1.54) is 29.4 Å². The van der Waals surface area contributed by atoms with Crippen LogP contribution in [-0.2, 0) is 9.53 Å². The minimum absolute atomic E-state index is 0.00449. The predicted molar refractivity (Wildman–Crippen MR) is 107 cm³/mol. The number of ether oxygens (including phenoxy) is 2. The van der Waals surface area contributed by atoms with Crippen LogP contribution in [-0.4, -0.2) is 62.4 Å². The molecule has 8 nitrogen and oxygen atoms in total. The van der Waals surface area contributed by atoms with Gasteiger partial charge in [0.15, 0.2) is 11.5 Å². The van der Waals surface area contributed by atoms with Crippen LogP contribution < -0.4 is 15.0 Å². The molecule has 1 aromatic carbocycles. The number of quaternary nitrogens is 1. The summed E-state index contributed by atoms with van der Waals surface area (Å²) in [6.07, 6.45) is 3.51. The fourth-order valence-electron chi connectivity index (χ4n) is 4.01. The monoisotopic (exact) mass is 404 g/mol. The number of phenolic OH excluding ortho intramolecular Hbond substituents is 1. The number of piperidine rings is 1. The third-order valence-corrected chi connectivity index (χ3v) is 5.59. The van der Waals surface area contributed by atoms with Gasteiger partial charge in [0.1, 0.15) is 6.54 Å². The first kappa shape index (κ1) is 21.0. The summed E-state index contributed by atoms with van der Waals surface area (Å²) in [5.41, 5.74) is 1.76. The van der Waals surface area contributed by atoms with Gasteiger partial charge in [0, 0.05) is 7.05 Å². The number of benzene rings is 1. The van der Waals surface area contributed by atoms with Crippen molar-refractivity contribution in [2.45, 2.75) is 32.2 Å². The maximum atomic E-state index is 13.0. The highest BCUT2D eigenvalue weighted by Crippen LogP contribution is 2.35. The number of likely N-dealkylation sites (tertiary alicyclic amines) is 1. The molecule has 0 radical (unpaired) electrons. The highest BCUT2D eigenvalue weighted by Gasteiger charge is 2.38. The molecule has 29 heavy (non-hydrogen) atoms. The summed E-state index contributed by atoms with van der Waals surface area (Å²) in [6.45, 7) is 4.64. The number of aromatic hydroxyl groups is 1. The summed E-state index contributed by atoms with van der Waals surface area (Å²) in [5.74, 6) is -0.167. The number of nitrogens with zero attached hydrogens (tertiary/aromatic N) is 1. The number of carbonyl (C=O) groups is 2. The zero-order chi connectivity index (χ0) is 21.0. The Morgan fingerprint density at radius 1 is 1.31 bits per heavy atom. The minimum Gasteiger partial charge on any atom is -0.504 e. The van der Waals surface area contributed by atoms with Gasteiger partial charge in [-0.1, -0.05) is 6.07 Å². The van der Waals surface area contributed by atoms with Crippen molar-refractivity contribution in [3.05, 3.63) is 35.0 Å². The second kappa shape index (κ2) is 9.17. The molecule has 1 atom stereocenters. The lowest BCUT2D eigenvalue weighted by atomic mass is 9.93. The molecule has 2 aliphatic heterocycles. The fourth-order valence-corrected chi connectivity index (χ4v) is 4.01. The Kier molecular flexibility index (Phi) is 6.64. The van der Waals surface area contributed by atoms with Gasteiger partial charge in [0.05, 0.1) is 44.1 Å². The Labute approximate surface area is 171 Å². The number of methoxy groups -OCH3 is 1. The van der Waals surface area contributed by atoms with E-state index >= 15 is 0 Å². The summed E-state index contributed by atoms with van der Waals surface area (Å²) >= 11 is 0. The number of amides is 2. The van der Waals surface area contributed by atoms with Crippen LogP contribution in [0.4, 0.5) is 4.79 Å². The molecule has 2 aliphatic rings. The maximum Gasteiger partial charge on any atom is 0.338 e. The van der Waals surface area contributed by atoms with Crippen molar-refractivity contribution in [3.8, 4) is 11.5 Å². The fraction of sp³-hybridized carbons (Fsp3) is 0.524. The van der Waals surface area contributed by atoms with Gasteiger partial charge in [-0.3, -0.25) is 4.90 Å². The van der Waals surface area contributed by atoms with E-state index in [0.717, 1.165) is 25.9 Å². The van der Waals surface area contributed by atoms with Crippen LogP contribution in [0.25, 0.3) is 0 Å². The van der Waals surface area contributed by atoms with Crippen LogP contribution in [0.5, 0.6) is 11.5 Å². The van der Waals surface area contributed by atoms with E-state index in [2.05, 4.69) is 5.32 Å². The molecule has 1 fully saturated rings. The van der Waals surface area contributed by atoms with Gasteiger partial charge in [-0.2, -0.15) is 0 Å². The Hall–Kier alpha value is -2.74. The molecule has 2 heterocycles. The van der Waals surface area contributed by atoms with Crippen molar-refractivity contribution in [2.75, 3.05) is 40.4 Å². The Morgan fingerprint density at radius 2 is 2.03 bits per heavy atom. The van der Waals surface area contributed by atoms with E-state index in [-0.39, 0.29) is 24.1 Å². The smallest absolute Gasteiger partial charge is 0.338 e. The van der Waals surface area contributed by atoms with Crippen LogP contribution in [0.15, 0.2) is 29.5 Å². The van der Waals surface area contributed by atoms with E-state index in [0.29, 0.717) is 23.4 Å². The lowest BCUT2D eigenvalue weighted by Crippen LogP contribution is -3.13. The second-order valence-electron chi connectivity index (χ2n) is 7.44. The second-order valence-corrected chi connectivity index (χ2v) is 7.44. The predicted octanol–water partition coefficient (Wildman–Crippen LogP) is 0.983. The summed E-state index contributed by atoms with van der Waals surface area (Å²) in [4.78, 5) is 28.5. The quantitative estimate of drug-likeness (QED) is 0.615. The average molecular weight is 404 g/mol. The summed E-state index contributed by atoms with van der Waals surface area (Å²) in [5, 5.41) is 12.8. The van der Waals surface area contributed by atoms with Gasteiger partial charge < -0.3 is 24.8 Å². The number of phenols is 1. The van der Waals surface area contributed by atoms with Crippen LogP contribution in [0.3, 0.4) is 0 Å². The average Bonchev–Trinajstić information content (AvgIpc) is 2.72. The van der Waals surface area contributed by atoms with Gasteiger partial charge in [-0.05, 0) is 43.9 Å². The summed E-state index contributed by atoms with van der Waals surface area (Å²) in [7, 11) is 3.14. The standard InChI is InChI=1S/C21H29N3O5/c1-4-29-20(26)18-15(13-24-10-6-5-7-11-24)23(2)21(27)22-19(18)14-8-9-16(25)17(12-14)28-3/h8-9,12,19,25H,4-7,10-11,13H2,1-3H3,(H,22,27)/p+1/t19-/m0/s1. The van der Waals surface area contributed by atoms with Gasteiger partial charge in [0.25, 0.3) is 0 Å². The molecule has 8 heteroatoms. The topological polar surface area (TPSA) is 92.5 Å². The van der Waals surface area contributed by atoms with Crippen LogP contribution >= 0.6 is 0 Å². The van der Waals surface area contributed by atoms with Crippen molar-refractivity contribution in [1.82, 2.24) is 10.2 Å². The zero-order valence-electron chi connectivity index (χ0n) is 17.3. The molecule has 0 unspecified atom stereocenters. The van der Waals surface area contributed by atoms with Gasteiger partial charge >= 0.3 is 12.0 Å². The van der Waals surface area contributed by atoms with Crippen molar-refractivity contribution in [3.63, 3.8) is 0 Å². The van der Waals surface area contributed by atoms with Crippen LogP contribution in [0.2, 0.25) is 0 Å². The van der Waals surface area contributed by atoms with E-state index in [9.17, 15) is 14.7 Å². The van der Waals surface area contributed by atoms with Gasteiger partial charge in [-0.15, -0.1) is 0 Å². The van der Waals surface area contributed by atoms with Gasteiger partial charge in [-0.25, -0.2) is 9.59 Å². The van der Waals surface area contributed by atoms with Crippen LogP contribution in [0, 0.1) is 0 Å². The molecule has 158 valence electrons. The van der Waals surface area contributed by atoms with E-state index in [1.807, 2.05) is 0 Å². The first-order valence-electron chi connectivity index (χ1n) is 10.1. The maximum absolute atomic E-state index is 13.0. The third kappa shape index (κ3) is 4.48. The normalized spacial score (nSPS) is 20.4. The largest absolute Gasteiger partial charge is 0.504 e. The van der Waals surface area contributed by atoms with Crippen molar-refractivity contribution in [1.29, 1.82) is 0 Å². The first-order valence-corrected chi connectivity index (χ1v) is 10.1. The summed E-state index contributed by atoms with van der Waals surface area (Å²) in [6, 6.07) is 3.86. The zero-order valence-corrected chi connectivity index (χ0v) is 17.3. The molecule has 1 saturated heterocycles. The molecular formula is C21H30N3O5+. The van der Waals surface area contributed by atoms with E-state index < -0.39 is 12.0 Å². The minimum atomic E-state index is -0.675. The number of nitrogens with one attached hydrogen (secondary N) is 2. The highest BCUT2D eigenvalue weighted by atomic mass is 16.5. The van der Waals surface area contributed by atoms with Crippen LogP contribution in [0.1, 0.15) is 37.8 Å². The molecule has 0 spiro atoms. The highest BCUT2D eigenvalue weighted by molar-refractivity contribution is 5.95. The number of rotatable bonds is 6. The first-order chi connectivity index (χ1) is 14.0. The van der Waals surface area contributed by atoms with Crippen molar-refractivity contribution < 1.29 is 29.1 Å². The van der Waals surface area contributed by atoms with E-state index in [1.54, 1.807) is 26.1 Å². The molecule has 1 aromatic rings. The number of hydrogen-bond donors (Lipinski definition) is 3. The number of likely N-dealkylation sites (N-methyl/N-ethyl adjacent to an activating group) is 1. The number of carbonyl (C=O) groups excluding carboxylic acids is 2. The van der Waals surface area contributed by atoms with Crippen molar-refractivity contribution >= 4 is 12.0 Å². The van der Waals surface area contributed by atoms with Gasteiger partial charge in [0.2, 0.25) is 0 Å². The molecule has 3 rings (SSSR count). The third-order valence-electron chi connectivity index (χ3n) is 5.59. The Morgan fingerprint density at radius 3 is 2.69 bits per heavy atom. The lowest BCUT2D eigenvalue weighted by molar-refractivity contribution is -0.900. The summed E-state index contributed by atoms with van der Waals surface area (Å²) < 4.78 is 10.6. The molecule has 0 aliphatic carbocycles. The molecular weight excluding hydrogens is 374 g/mol. The number of hydrogen-bond acceptors (Lipinski definition) is 5. The molecule has 2 amide bonds. The van der Waals surface area contributed by atoms with E-state index in [4.69, 9.17) is 9.47 Å². The number of urea groups is 1. The van der Waals surface area contributed by atoms with Crippen molar-refractivity contribution in [2.24, 2.45) is 0 Å². The molecule has 0 saturated carbocycles.